The monoisotopic (exact) mass is 320 g/mol. The van der Waals surface area contributed by atoms with Gasteiger partial charge in [-0.25, -0.2) is 4.98 Å². The van der Waals surface area contributed by atoms with Gasteiger partial charge in [-0.2, -0.15) is 0 Å². The van der Waals surface area contributed by atoms with Crippen LogP contribution >= 0.6 is 11.3 Å². The minimum atomic E-state index is -1.02. The maximum absolute atomic E-state index is 11.9. The van der Waals surface area contributed by atoms with Crippen molar-refractivity contribution >= 4 is 23.1 Å². The molecule has 2 aromatic rings. The first-order chi connectivity index (χ1) is 10.4. The van der Waals surface area contributed by atoms with E-state index in [1.807, 2.05) is 11.4 Å². The second-order valence-electron chi connectivity index (χ2n) is 5.67. The van der Waals surface area contributed by atoms with Gasteiger partial charge in [-0.05, 0) is 18.9 Å². The van der Waals surface area contributed by atoms with E-state index in [0.717, 1.165) is 10.6 Å². The second-order valence-corrected chi connectivity index (χ2v) is 6.57. The van der Waals surface area contributed by atoms with Crippen LogP contribution < -0.4 is 4.68 Å². The zero-order valence-electron chi connectivity index (χ0n) is 12.5. The third-order valence-electron chi connectivity index (χ3n) is 3.29. The molecular weight excluding hydrogens is 302 g/mol. The number of aliphatic carboxylic acids is 1. The number of hydrogen-bond acceptors (Lipinski definition) is 5. The molecule has 0 radical (unpaired) electrons. The molecule has 22 heavy (non-hydrogen) atoms. The second kappa shape index (κ2) is 6.74. The number of aromatic nitrogens is 3. The fourth-order valence-electron chi connectivity index (χ4n) is 1.91. The van der Waals surface area contributed by atoms with Crippen LogP contribution in [0.25, 0.3) is 10.6 Å². The molecule has 0 fully saturated rings. The Kier molecular flexibility index (Phi) is 4.97. The maximum Gasteiger partial charge on any atom is 0.309 e. The number of aryl methyl sites for hydroxylation is 1. The molecule has 7 heteroatoms. The van der Waals surface area contributed by atoms with Gasteiger partial charge >= 0.3 is 5.97 Å². The van der Waals surface area contributed by atoms with Crippen LogP contribution in [0, 0.1) is 5.41 Å². The van der Waals surface area contributed by atoms with E-state index in [1.54, 1.807) is 37.1 Å². The van der Waals surface area contributed by atoms with Gasteiger partial charge in [0.25, 0.3) is 0 Å². The Morgan fingerprint density at radius 2 is 2.18 bits per heavy atom. The van der Waals surface area contributed by atoms with Crippen LogP contribution in [0.1, 0.15) is 26.7 Å². The molecule has 2 rings (SSSR count). The Morgan fingerprint density at radius 1 is 1.41 bits per heavy atom. The largest absolute Gasteiger partial charge is 0.481 e. The van der Waals surface area contributed by atoms with E-state index in [2.05, 4.69) is 10.1 Å². The molecule has 0 saturated carbocycles. The van der Waals surface area contributed by atoms with E-state index in [4.69, 9.17) is 5.11 Å². The molecule has 0 spiro atoms. The van der Waals surface area contributed by atoms with E-state index in [0.29, 0.717) is 6.54 Å². The summed E-state index contributed by atoms with van der Waals surface area (Å²) < 4.78 is 1.67. The number of carbonyl (C=O) groups is 2. The van der Waals surface area contributed by atoms with E-state index >= 15 is 0 Å². The smallest absolute Gasteiger partial charge is 0.309 e. The van der Waals surface area contributed by atoms with Gasteiger partial charge in [0.2, 0.25) is 0 Å². The van der Waals surface area contributed by atoms with Crippen molar-refractivity contribution in [2.24, 2.45) is 5.41 Å². The van der Waals surface area contributed by atoms with Crippen LogP contribution in [0.15, 0.2) is 30.0 Å². The molecule has 0 saturated heterocycles. The summed E-state index contributed by atoms with van der Waals surface area (Å²) >= 11 is 1.54. The summed E-state index contributed by atoms with van der Waals surface area (Å²) in [5.74, 6) is -1.04. The highest BCUT2D eigenvalue weighted by molar-refractivity contribution is 7.13. The average molecular weight is 320 g/mol. The third kappa shape index (κ3) is 4.17. The molecule has 2 heterocycles. The first-order valence-electron chi connectivity index (χ1n) is 6.89. The number of thiazole rings is 1. The summed E-state index contributed by atoms with van der Waals surface area (Å²) in [7, 11) is 0. The lowest BCUT2D eigenvalue weighted by atomic mass is 9.87. The summed E-state index contributed by atoms with van der Waals surface area (Å²) in [6.07, 6.45) is 5.55. The predicted octanol–water partition coefficient (Wildman–Crippen LogP) is 1.95. The van der Waals surface area contributed by atoms with Gasteiger partial charge in [0.15, 0.2) is 12.7 Å². The van der Waals surface area contributed by atoms with Crippen molar-refractivity contribution in [3.8, 4) is 10.6 Å². The summed E-state index contributed by atoms with van der Waals surface area (Å²) in [4.78, 5) is 27.1. The molecule has 0 aromatic carbocycles. The van der Waals surface area contributed by atoms with Gasteiger partial charge in [-0.15, -0.1) is 11.3 Å². The number of nitrogens with zero attached hydrogens (tertiary/aromatic N) is 3. The van der Waals surface area contributed by atoms with Gasteiger partial charge in [-0.1, -0.05) is 4.68 Å². The van der Waals surface area contributed by atoms with Crippen LogP contribution in [0.4, 0.5) is 0 Å². The van der Waals surface area contributed by atoms with E-state index in [-0.39, 0.29) is 18.6 Å². The summed E-state index contributed by atoms with van der Waals surface area (Å²) in [6, 6.07) is 1.90. The fourth-order valence-corrected chi connectivity index (χ4v) is 2.53. The molecule has 0 aliphatic rings. The van der Waals surface area contributed by atoms with Crippen molar-refractivity contribution in [1.82, 2.24) is 10.1 Å². The van der Waals surface area contributed by atoms with Gasteiger partial charge < -0.3 is 5.11 Å². The minimum Gasteiger partial charge on any atom is -0.481 e. The number of carbonyl (C=O) groups excluding carboxylic acids is 1. The molecule has 0 amide bonds. The number of rotatable bonds is 7. The standard InChI is InChI=1S/C15H17N3O3S/c1-15(2,14(20)21)9-12(19)4-7-18-6-3-11(10-17-18)13-16-5-8-22-13/h3,5-6,8,10H,4,7,9H2,1-2H3/p+1. The molecule has 2 aromatic heterocycles. The van der Waals surface area contributed by atoms with E-state index in [9.17, 15) is 9.59 Å². The highest BCUT2D eigenvalue weighted by Crippen LogP contribution is 2.21. The van der Waals surface area contributed by atoms with Gasteiger partial charge in [0, 0.05) is 29.6 Å². The first-order valence-corrected chi connectivity index (χ1v) is 7.77. The van der Waals surface area contributed by atoms with E-state index in [1.165, 1.54) is 11.3 Å². The van der Waals surface area contributed by atoms with Gasteiger partial charge in [0.1, 0.15) is 17.0 Å². The van der Waals surface area contributed by atoms with Crippen LogP contribution in [0.2, 0.25) is 0 Å². The summed E-state index contributed by atoms with van der Waals surface area (Å²) in [6.45, 7) is 3.55. The molecule has 0 unspecified atom stereocenters. The number of ketones is 1. The Labute approximate surface area is 132 Å². The Balaban J connectivity index is 1.89. The molecule has 0 atom stereocenters. The number of carboxylic acids is 1. The lowest BCUT2D eigenvalue weighted by molar-refractivity contribution is -0.752. The van der Waals surface area contributed by atoms with Crippen LogP contribution in [0.3, 0.4) is 0 Å². The molecule has 0 bridgehead atoms. The Bertz CT molecular complexity index is 651. The Hall–Kier alpha value is -2.15. The van der Waals surface area contributed by atoms with Gasteiger partial charge in [-0.3, -0.25) is 9.59 Å². The third-order valence-corrected chi connectivity index (χ3v) is 4.11. The van der Waals surface area contributed by atoms with Crippen molar-refractivity contribution in [1.29, 1.82) is 0 Å². The number of Topliss-reactive ketones (excluding diaryl/α,β-unsaturated/α-hetero) is 1. The van der Waals surface area contributed by atoms with Crippen LogP contribution in [-0.4, -0.2) is 26.9 Å². The Morgan fingerprint density at radius 3 is 2.73 bits per heavy atom. The zero-order chi connectivity index (χ0) is 16.2. The van der Waals surface area contributed by atoms with Crippen LogP contribution in [0.5, 0.6) is 0 Å². The first kappa shape index (κ1) is 16.2. The van der Waals surface area contributed by atoms with Crippen molar-refractivity contribution in [3.05, 3.63) is 30.0 Å². The molecule has 1 N–H and O–H groups in total. The van der Waals surface area contributed by atoms with Crippen molar-refractivity contribution in [2.75, 3.05) is 0 Å². The molecular formula is C15H18N3O3S+. The normalized spacial score (nSPS) is 11.4. The van der Waals surface area contributed by atoms with E-state index < -0.39 is 11.4 Å². The van der Waals surface area contributed by atoms with Crippen molar-refractivity contribution < 1.29 is 19.4 Å². The average Bonchev–Trinajstić information content (AvgIpc) is 2.99. The van der Waals surface area contributed by atoms with Crippen LogP contribution in [-0.2, 0) is 16.1 Å². The fraction of sp³-hybridized carbons (Fsp3) is 0.400. The minimum absolute atomic E-state index is 0.0279. The summed E-state index contributed by atoms with van der Waals surface area (Å²) in [5, 5.41) is 16.1. The quantitative estimate of drug-likeness (QED) is 0.788. The SMILES string of the molecule is CC(C)(CC(=O)CC[n+]1ccc(-c2nccs2)cn1)C(=O)O. The topological polar surface area (TPSA) is 84.0 Å². The maximum atomic E-state index is 11.9. The molecule has 116 valence electrons. The number of hydrogen-bond donors (Lipinski definition) is 1. The molecule has 6 nitrogen and oxygen atoms in total. The lowest BCUT2D eigenvalue weighted by Crippen LogP contribution is -2.38. The predicted molar refractivity (Wildman–Crippen MR) is 81.2 cm³/mol. The highest BCUT2D eigenvalue weighted by Gasteiger charge is 2.30. The van der Waals surface area contributed by atoms with Crippen molar-refractivity contribution in [2.45, 2.75) is 33.2 Å². The van der Waals surface area contributed by atoms with Crippen molar-refractivity contribution in [3.63, 3.8) is 0 Å². The zero-order valence-corrected chi connectivity index (χ0v) is 13.3. The summed E-state index contributed by atoms with van der Waals surface area (Å²) in [5.41, 5.74) is -0.0891. The molecule has 0 aliphatic heterocycles. The van der Waals surface area contributed by atoms with Gasteiger partial charge in [0.05, 0.1) is 11.8 Å². The highest BCUT2D eigenvalue weighted by atomic mass is 32.1. The lowest BCUT2D eigenvalue weighted by Gasteiger charge is -2.17. The number of carboxylic acid groups (broad SMARTS) is 1. The molecule has 0 aliphatic carbocycles.